The highest BCUT2D eigenvalue weighted by atomic mass is 32.2. The van der Waals surface area contributed by atoms with Gasteiger partial charge in [-0.1, -0.05) is 18.2 Å². The summed E-state index contributed by atoms with van der Waals surface area (Å²) in [6, 6.07) is 18.4. The van der Waals surface area contributed by atoms with Gasteiger partial charge in [0, 0.05) is 30.5 Å². The maximum atomic E-state index is 13.7. The van der Waals surface area contributed by atoms with Crippen LogP contribution >= 0.6 is 0 Å². The van der Waals surface area contributed by atoms with Crippen LogP contribution in [0.4, 0.5) is 21.5 Å². The van der Waals surface area contributed by atoms with Crippen molar-refractivity contribution in [1.82, 2.24) is 0 Å². The van der Waals surface area contributed by atoms with E-state index >= 15 is 0 Å². The quantitative estimate of drug-likeness (QED) is 0.588. The van der Waals surface area contributed by atoms with Crippen molar-refractivity contribution in [2.24, 2.45) is 0 Å². The average molecular weight is 428 g/mol. The van der Waals surface area contributed by atoms with Crippen molar-refractivity contribution in [2.75, 3.05) is 28.5 Å². The molecule has 0 radical (unpaired) electrons. The molecule has 0 aliphatic rings. The van der Waals surface area contributed by atoms with Crippen LogP contribution in [0.1, 0.15) is 17.3 Å². The maximum Gasteiger partial charge on any atom is 0.261 e. The molecule has 0 fully saturated rings. The van der Waals surface area contributed by atoms with E-state index in [1.165, 1.54) is 48.5 Å². The molecule has 0 heterocycles. The van der Waals surface area contributed by atoms with Crippen molar-refractivity contribution in [3.05, 3.63) is 84.2 Å². The molecular formula is C22H22FN3O3S. The Morgan fingerprint density at radius 2 is 1.70 bits per heavy atom. The second-order valence-corrected chi connectivity index (χ2v) is 8.31. The van der Waals surface area contributed by atoms with Crippen LogP contribution in [0.5, 0.6) is 0 Å². The Balaban J connectivity index is 1.74. The maximum absolute atomic E-state index is 13.7. The summed E-state index contributed by atoms with van der Waals surface area (Å²) in [6.45, 7) is 2.86. The highest BCUT2D eigenvalue weighted by Gasteiger charge is 2.17. The third kappa shape index (κ3) is 4.96. The molecule has 6 nitrogen and oxygen atoms in total. The molecule has 0 aliphatic carbocycles. The van der Waals surface area contributed by atoms with E-state index < -0.39 is 15.8 Å². The first-order valence-corrected chi connectivity index (χ1v) is 10.8. The summed E-state index contributed by atoms with van der Waals surface area (Å²) in [7, 11) is -2.03. The molecule has 0 saturated heterocycles. The zero-order chi connectivity index (χ0) is 21.7. The van der Waals surface area contributed by atoms with Crippen molar-refractivity contribution in [3.8, 4) is 0 Å². The Kier molecular flexibility index (Phi) is 6.37. The number of halogens is 1. The Morgan fingerprint density at radius 3 is 2.37 bits per heavy atom. The molecule has 30 heavy (non-hydrogen) atoms. The van der Waals surface area contributed by atoms with Crippen LogP contribution in [0, 0.1) is 5.82 Å². The fourth-order valence-electron chi connectivity index (χ4n) is 2.74. The number of nitrogens with one attached hydrogen (secondary N) is 2. The van der Waals surface area contributed by atoms with Gasteiger partial charge in [-0.25, -0.2) is 12.8 Å². The second kappa shape index (κ2) is 8.96. The minimum absolute atomic E-state index is 0.0751. The molecule has 156 valence electrons. The van der Waals surface area contributed by atoms with Crippen LogP contribution in [-0.4, -0.2) is 27.9 Å². The fraction of sp³-hybridized carbons (Fsp3) is 0.136. The van der Waals surface area contributed by atoms with Crippen LogP contribution < -0.4 is 14.9 Å². The van der Waals surface area contributed by atoms with Crippen molar-refractivity contribution < 1.29 is 17.6 Å². The van der Waals surface area contributed by atoms with Gasteiger partial charge in [0.15, 0.2) is 0 Å². The van der Waals surface area contributed by atoms with E-state index in [1.54, 1.807) is 6.07 Å². The molecule has 2 N–H and O–H groups in total. The van der Waals surface area contributed by atoms with Crippen LogP contribution in [0.25, 0.3) is 0 Å². The van der Waals surface area contributed by atoms with Gasteiger partial charge in [-0.05, 0) is 61.5 Å². The molecule has 0 bridgehead atoms. The van der Waals surface area contributed by atoms with Gasteiger partial charge in [-0.2, -0.15) is 0 Å². The van der Waals surface area contributed by atoms with Crippen LogP contribution in [0.15, 0.2) is 77.7 Å². The Bertz CT molecular complexity index is 1150. The number of hydrogen-bond donors (Lipinski definition) is 2. The van der Waals surface area contributed by atoms with E-state index in [0.29, 0.717) is 11.3 Å². The van der Waals surface area contributed by atoms with Gasteiger partial charge in [0.25, 0.3) is 15.9 Å². The molecule has 0 aliphatic heterocycles. The van der Waals surface area contributed by atoms with Crippen LogP contribution in [0.3, 0.4) is 0 Å². The molecule has 0 atom stereocenters. The number of carbonyl (C=O) groups excluding carboxylic acids is 1. The number of anilines is 3. The molecule has 0 aromatic heterocycles. The molecule has 3 aromatic rings. The van der Waals surface area contributed by atoms with E-state index in [2.05, 4.69) is 10.0 Å². The third-order valence-corrected chi connectivity index (χ3v) is 5.95. The number of benzene rings is 3. The first kappa shape index (κ1) is 21.3. The second-order valence-electron chi connectivity index (χ2n) is 6.63. The van der Waals surface area contributed by atoms with Crippen LogP contribution in [-0.2, 0) is 10.0 Å². The standard InChI is InChI=1S/C22H22FN3O3S/c1-3-26(2)18-8-6-7-17(15-18)24-22(27)16-11-13-19(14-12-16)30(28,29)25-21-10-5-4-9-20(21)23/h4-15,25H,3H2,1-2H3,(H,24,27). The Labute approximate surface area is 175 Å². The lowest BCUT2D eigenvalue weighted by molar-refractivity contribution is 0.102. The predicted molar refractivity (Wildman–Crippen MR) is 117 cm³/mol. The minimum Gasteiger partial charge on any atom is -0.375 e. The summed E-state index contributed by atoms with van der Waals surface area (Å²) in [6.07, 6.45) is 0. The zero-order valence-electron chi connectivity index (χ0n) is 16.6. The molecule has 0 saturated carbocycles. The summed E-state index contributed by atoms with van der Waals surface area (Å²) in [5.74, 6) is -1.04. The monoisotopic (exact) mass is 427 g/mol. The molecule has 0 spiro atoms. The van der Waals surface area contributed by atoms with Crippen molar-refractivity contribution in [2.45, 2.75) is 11.8 Å². The number of sulfonamides is 1. The number of rotatable bonds is 7. The van der Waals surface area contributed by atoms with Gasteiger partial charge < -0.3 is 10.2 Å². The van der Waals surface area contributed by atoms with E-state index in [-0.39, 0.29) is 16.5 Å². The number of para-hydroxylation sites is 1. The van der Waals surface area contributed by atoms with E-state index in [0.717, 1.165) is 12.2 Å². The van der Waals surface area contributed by atoms with Crippen molar-refractivity contribution in [1.29, 1.82) is 0 Å². The first-order valence-electron chi connectivity index (χ1n) is 9.30. The SMILES string of the molecule is CCN(C)c1cccc(NC(=O)c2ccc(S(=O)(=O)Nc3ccccc3F)cc2)c1. The zero-order valence-corrected chi connectivity index (χ0v) is 17.4. The van der Waals surface area contributed by atoms with Crippen LogP contribution in [0.2, 0.25) is 0 Å². The number of hydrogen-bond acceptors (Lipinski definition) is 4. The smallest absolute Gasteiger partial charge is 0.261 e. The largest absolute Gasteiger partial charge is 0.375 e. The third-order valence-electron chi connectivity index (χ3n) is 4.56. The lowest BCUT2D eigenvalue weighted by Crippen LogP contribution is -2.17. The van der Waals surface area contributed by atoms with Gasteiger partial charge in [0.05, 0.1) is 10.6 Å². The normalized spacial score (nSPS) is 11.0. The summed E-state index contributed by atoms with van der Waals surface area (Å²) in [4.78, 5) is 14.5. The van der Waals surface area contributed by atoms with Crippen molar-refractivity contribution >= 4 is 33.0 Å². The topological polar surface area (TPSA) is 78.5 Å². The highest BCUT2D eigenvalue weighted by molar-refractivity contribution is 7.92. The van der Waals surface area contributed by atoms with E-state index in [1.807, 2.05) is 37.1 Å². The van der Waals surface area contributed by atoms with Crippen molar-refractivity contribution in [3.63, 3.8) is 0 Å². The Hall–Kier alpha value is -3.39. The average Bonchev–Trinajstić information content (AvgIpc) is 2.75. The number of nitrogens with zero attached hydrogens (tertiary/aromatic N) is 1. The molecule has 8 heteroatoms. The summed E-state index contributed by atoms with van der Waals surface area (Å²) >= 11 is 0. The van der Waals surface area contributed by atoms with E-state index in [4.69, 9.17) is 0 Å². The van der Waals surface area contributed by atoms with Gasteiger partial charge in [0.1, 0.15) is 5.82 Å². The first-order chi connectivity index (χ1) is 14.3. The van der Waals surface area contributed by atoms with Gasteiger partial charge in [0.2, 0.25) is 0 Å². The molecular weight excluding hydrogens is 405 g/mol. The fourth-order valence-corrected chi connectivity index (χ4v) is 3.81. The summed E-state index contributed by atoms with van der Waals surface area (Å²) in [5.41, 5.74) is 1.76. The minimum atomic E-state index is -3.98. The molecule has 3 rings (SSSR count). The van der Waals surface area contributed by atoms with E-state index in [9.17, 15) is 17.6 Å². The lowest BCUT2D eigenvalue weighted by atomic mass is 10.2. The number of carbonyl (C=O) groups is 1. The predicted octanol–water partition coefficient (Wildman–Crippen LogP) is 4.33. The summed E-state index contributed by atoms with van der Waals surface area (Å²) in [5, 5.41) is 2.80. The highest BCUT2D eigenvalue weighted by Crippen LogP contribution is 2.21. The lowest BCUT2D eigenvalue weighted by Gasteiger charge is -2.17. The molecule has 3 aromatic carbocycles. The van der Waals surface area contributed by atoms with Gasteiger partial charge >= 0.3 is 0 Å². The Morgan fingerprint density at radius 1 is 1.00 bits per heavy atom. The summed E-state index contributed by atoms with van der Waals surface area (Å²) < 4.78 is 40.9. The molecule has 0 unspecified atom stereocenters. The van der Waals surface area contributed by atoms with Gasteiger partial charge in [-0.3, -0.25) is 9.52 Å². The van der Waals surface area contributed by atoms with Gasteiger partial charge in [-0.15, -0.1) is 0 Å². The molecule has 1 amide bonds. The number of amides is 1.